The van der Waals surface area contributed by atoms with E-state index in [-0.39, 0.29) is 18.1 Å². The molecule has 2 heterocycles. The Hall–Kier alpha value is -2.80. The molecule has 5 nitrogen and oxygen atoms in total. The molecule has 0 N–H and O–H groups in total. The third-order valence-electron chi connectivity index (χ3n) is 3.20. The Kier molecular flexibility index (Phi) is 4.29. The van der Waals surface area contributed by atoms with Gasteiger partial charge in [0.25, 0.3) is 5.69 Å². The van der Waals surface area contributed by atoms with Crippen molar-refractivity contribution in [3.63, 3.8) is 0 Å². The quantitative estimate of drug-likeness (QED) is 0.546. The first-order valence-corrected chi connectivity index (χ1v) is 7.68. The van der Waals surface area contributed by atoms with Gasteiger partial charge >= 0.3 is 5.91 Å². The summed E-state index contributed by atoms with van der Waals surface area (Å²) in [6.45, 7) is 0.258. The zero-order valence-electron chi connectivity index (χ0n) is 11.9. The fraction of sp³-hybridized carbons (Fsp3) is 0.0625. The smallest absolute Gasteiger partial charge is 0.345 e. The number of thiazole rings is 1. The van der Waals surface area contributed by atoms with E-state index in [9.17, 15) is 14.4 Å². The lowest BCUT2D eigenvalue weighted by atomic mass is 10.2. The molecule has 0 aliphatic heterocycles. The fourth-order valence-electron chi connectivity index (χ4n) is 2.06. The van der Waals surface area contributed by atoms with Crippen molar-refractivity contribution < 1.29 is 13.9 Å². The Morgan fingerprint density at radius 3 is 2.83 bits per heavy atom. The average molecular weight is 329 g/mol. The second-order valence-corrected chi connectivity index (χ2v) is 5.61. The summed E-state index contributed by atoms with van der Waals surface area (Å²) in [4.78, 5) is 16.5. The van der Waals surface area contributed by atoms with Crippen LogP contribution in [0.15, 0.2) is 65.2 Å². The highest BCUT2D eigenvalue weighted by Gasteiger charge is 2.14. The van der Waals surface area contributed by atoms with Gasteiger partial charge < -0.3 is 9.77 Å². The van der Waals surface area contributed by atoms with E-state index in [0.29, 0.717) is 15.1 Å². The summed E-state index contributed by atoms with van der Waals surface area (Å²) in [6, 6.07) is 11.0. The Bertz CT molecular complexity index is 917. The molecule has 0 fully saturated rings. The average Bonchev–Trinajstić information content (AvgIpc) is 2.97. The van der Waals surface area contributed by atoms with Crippen LogP contribution in [0.25, 0.3) is 0 Å². The Morgan fingerprint density at radius 2 is 2.04 bits per heavy atom. The van der Waals surface area contributed by atoms with E-state index in [4.69, 9.17) is 0 Å². The molecule has 0 spiro atoms. The van der Waals surface area contributed by atoms with Crippen molar-refractivity contribution in [1.82, 2.24) is 4.57 Å². The number of pyridine rings is 1. The fourth-order valence-corrected chi connectivity index (χ4v) is 2.78. The van der Waals surface area contributed by atoms with Crippen LogP contribution in [0.5, 0.6) is 0 Å². The van der Waals surface area contributed by atoms with Gasteiger partial charge in [-0.25, -0.2) is 4.39 Å². The first-order valence-electron chi connectivity index (χ1n) is 6.80. The van der Waals surface area contributed by atoms with E-state index < -0.39 is 5.91 Å². The summed E-state index contributed by atoms with van der Waals surface area (Å²) >= 11 is 1.25. The molecule has 0 atom stereocenters. The number of hydrogen-bond acceptors (Lipinski definition) is 3. The first-order chi connectivity index (χ1) is 11.1. The highest BCUT2D eigenvalue weighted by Crippen LogP contribution is 2.08. The Balaban J connectivity index is 1.93. The van der Waals surface area contributed by atoms with Crippen LogP contribution in [0.3, 0.4) is 0 Å². The van der Waals surface area contributed by atoms with Gasteiger partial charge in [-0.2, -0.15) is 9.72 Å². The predicted octanol–water partition coefficient (Wildman–Crippen LogP) is 2.11. The van der Waals surface area contributed by atoms with Crippen LogP contribution in [-0.2, 0) is 6.54 Å². The molecule has 0 radical (unpaired) electrons. The van der Waals surface area contributed by atoms with Gasteiger partial charge in [-0.3, -0.25) is 4.79 Å². The predicted molar refractivity (Wildman–Crippen MR) is 83.1 cm³/mol. The van der Waals surface area contributed by atoms with Crippen LogP contribution in [0.1, 0.15) is 16.1 Å². The van der Waals surface area contributed by atoms with E-state index >= 15 is 0 Å². The lowest BCUT2D eigenvalue weighted by Crippen LogP contribution is -2.34. The number of carbonyl (C=O) groups excluding carboxylic acids is 1. The minimum Gasteiger partial charge on any atom is -0.618 e. The van der Waals surface area contributed by atoms with Crippen molar-refractivity contribution in [3.8, 4) is 0 Å². The molecular formula is C16H12FN3O2S. The number of benzene rings is 1. The van der Waals surface area contributed by atoms with E-state index in [1.165, 1.54) is 35.7 Å². The molecule has 0 aliphatic rings. The van der Waals surface area contributed by atoms with Gasteiger partial charge in [0, 0.05) is 29.3 Å². The third kappa shape index (κ3) is 3.35. The first kappa shape index (κ1) is 15.1. The van der Waals surface area contributed by atoms with Crippen molar-refractivity contribution >= 4 is 17.2 Å². The summed E-state index contributed by atoms with van der Waals surface area (Å²) in [5.41, 5.74) is 0.441. The summed E-state index contributed by atoms with van der Waals surface area (Å²) in [5.74, 6) is -0.950. The second-order valence-electron chi connectivity index (χ2n) is 4.73. The molecule has 3 aromatic rings. The van der Waals surface area contributed by atoms with Crippen molar-refractivity contribution in [2.45, 2.75) is 6.54 Å². The van der Waals surface area contributed by atoms with Crippen LogP contribution in [-0.4, -0.2) is 10.5 Å². The van der Waals surface area contributed by atoms with Crippen LogP contribution in [0.2, 0.25) is 0 Å². The van der Waals surface area contributed by atoms with Gasteiger partial charge in [0.1, 0.15) is 5.82 Å². The number of aromatic nitrogens is 2. The van der Waals surface area contributed by atoms with E-state index in [0.717, 1.165) is 0 Å². The van der Waals surface area contributed by atoms with Crippen LogP contribution in [0.4, 0.5) is 4.39 Å². The van der Waals surface area contributed by atoms with Gasteiger partial charge in [0.15, 0.2) is 11.0 Å². The maximum atomic E-state index is 13.7. The number of nitrogens with zero attached hydrogens (tertiary/aromatic N) is 3. The highest BCUT2D eigenvalue weighted by atomic mass is 32.1. The maximum Gasteiger partial charge on any atom is 0.345 e. The van der Waals surface area contributed by atoms with Gasteiger partial charge in [-0.05, 0) is 12.1 Å². The molecule has 0 saturated heterocycles. The second kappa shape index (κ2) is 6.53. The minimum atomic E-state index is -0.634. The Morgan fingerprint density at radius 1 is 1.26 bits per heavy atom. The topological polar surface area (TPSA) is 61.3 Å². The van der Waals surface area contributed by atoms with Crippen LogP contribution < -0.4 is 9.53 Å². The van der Waals surface area contributed by atoms with Crippen molar-refractivity contribution in [2.75, 3.05) is 0 Å². The summed E-state index contributed by atoms with van der Waals surface area (Å²) in [7, 11) is 0. The molecule has 2 aromatic heterocycles. The zero-order valence-corrected chi connectivity index (χ0v) is 12.7. The largest absolute Gasteiger partial charge is 0.618 e. The summed E-state index contributed by atoms with van der Waals surface area (Å²) < 4.78 is 15.9. The summed E-state index contributed by atoms with van der Waals surface area (Å²) in [6.07, 6.45) is 2.96. The SMILES string of the molecule is O=C(N=c1sccn1Cc1ccccc1F)c1cccc[n+]1[O-]. The lowest BCUT2D eigenvalue weighted by molar-refractivity contribution is -0.607. The number of carbonyl (C=O) groups is 1. The standard InChI is InChI=1S/C16H12FN3O2S/c17-13-6-2-1-5-12(13)11-19-9-10-23-16(19)18-15(21)14-7-3-4-8-20(14)22/h1-10H,11H2. The molecule has 0 saturated carbocycles. The minimum absolute atomic E-state index is 0.0571. The normalized spacial score (nSPS) is 11.6. The monoisotopic (exact) mass is 329 g/mol. The van der Waals surface area contributed by atoms with E-state index in [1.54, 1.807) is 40.4 Å². The van der Waals surface area contributed by atoms with E-state index in [1.807, 2.05) is 0 Å². The number of rotatable bonds is 3. The molecule has 0 aliphatic carbocycles. The zero-order chi connectivity index (χ0) is 16.2. The number of halogens is 1. The molecule has 0 unspecified atom stereocenters. The molecule has 23 heavy (non-hydrogen) atoms. The van der Waals surface area contributed by atoms with Crippen LogP contribution in [0, 0.1) is 11.0 Å². The third-order valence-corrected chi connectivity index (χ3v) is 3.99. The highest BCUT2D eigenvalue weighted by molar-refractivity contribution is 7.07. The van der Waals surface area contributed by atoms with Gasteiger partial charge in [-0.15, -0.1) is 11.3 Å². The van der Waals surface area contributed by atoms with Gasteiger partial charge in [-0.1, -0.05) is 18.2 Å². The van der Waals surface area contributed by atoms with Gasteiger partial charge in [0.2, 0.25) is 0 Å². The number of amides is 1. The molecular weight excluding hydrogens is 317 g/mol. The van der Waals surface area contributed by atoms with Gasteiger partial charge in [0.05, 0.1) is 6.54 Å². The van der Waals surface area contributed by atoms with Crippen LogP contribution >= 0.6 is 11.3 Å². The van der Waals surface area contributed by atoms with Crippen molar-refractivity contribution in [1.29, 1.82) is 0 Å². The molecule has 1 aromatic carbocycles. The Labute approximate surface area is 135 Å². The summed E-state index contributed by atoms with van der Waals surface area (Å²) in [5, 5.41) is 13.3. The molecule has 3 rings (SSSR count). The van der Waals surface area contributed by atoms with E-state index in [2.05, 4.69) is 4.99 Å². The molecule has 116 valence electrons. The maximum absolute atomic E-state index is 13.7. The lowest BCUT2D eigenvalue weighted by Gasteiger charge is -2.04. The van der Waals surface area contributed by atoms with Crippen molar-refractivity contribution in [2.24, 2.45) is 4.99 Å². The van der Waals surface area contributed by atoms with Crippen molar-refractivity contribution in [3.05, 3.63) is 87.3 Å². The molecule has 0 bridgehead atoms. The molecule has 7 heteroatoms. The molecule has 1 amide bonds. The number of hydrogen-bond donors (Lipinski definition) is 0.